The van der Waals surface area contributed by atoms with Crippen LogP contribution in [0.5, 0.6) is 11.5 Å². The Hall–Kier alpha value is -1.27. The second-order valence-corrected chi connectivity index (χ2v) is 7.04. The van der Waals surface area contributed by atoms with Crippen LogP contribution in [0, 0.1) is 0 Å². The number of rotatable bonds is 6. The minimum Gasteiger partial charge on any atom is -0.486 e. The lowest BCUT2D eigenvalue weighted by Gasteiger charge is -2.18. The van der Waals surface area contributed by atoms with Crippen molar-refractivity contribution < 1.29 is 17.9 Å². The Morgan fingerprint density at radius 1 is 1.25 bits per heavy atom. The fourth-order valence-electron chi connectivity index (χ4n) is 2.07. The van der Waals surface area contributed by atoms with Gasteiger partial charge >= 0.3 is 0 Å². The molecule has 0 radical (unpaired) electrons. The van der Waals surface area contributed by atoms with Gasteiger partial charge in [0.2, 0.25) is 0 Å². The van der Waals surface area contributed by atoms with Crippen molar-refractivity contribution in [2.24, 2.45) is 5.73 Å². The Morgan fingerprint density at radius 2 is 1.95 bits per heavy atom. The van der Waals surface area contributed by atoms with Crippen LogP contribution >= 0.6 is 0 Å². The molecule has 0 spiro atoms. The molecule has 2 N–H and O–H groups in total. The molecule has 1 aromatic carbocycles. The van der Waals surface area contributed by atoms with Gasteiger partial charge in [0.15, 0.2) is 21.3 Å². The van der Waals surface area contributed by atoms with E-state index < -0.39 is 9.84 Å². The van der Waals surface area contributed by atoms with Gasteiger partial charge in [-0.3, -0.25) is 0 Å². The van der Waals surface area contributed by atoms with Gasteiger partial charge < -0.3 is 15.2 Å². The Kier molecular flexibility index (Phi) is 4.88. The molecule has 1 aromatic rings. The molecule has 1 aliphatic heterocycles. The molecular formula is C14H21NO4S. The molecule has 1 aliphatic rings. The molecule has 5 nitrogen and oxygen atoms in total. The van der Waals surface area contributed by atoms with Gasteiger partial charge in [-0.05, 0) is 31.4 Å². The summed E-state index contributed by atoms with van der Waals surface area (Å²) in [5.41, 5.74) is 5.80. The molecule has 0 saturated carbocycles. The van der Waals surface area contributed by atoms with Crippen LogP contribution in [0.2, 0.25) is 0 Å². The lowest BCUT2D eigenvalue weighted by molar-refractivity contribution is 0.171. The van der Waals surface area contributed by atoms with Crippen LogP contribution < -0.4 is 15.2 Å². The first kappa shape index (κ1) is 15.1. The summed E-state index contributed by atoms with van der Waals surface area (Å²) >= 11 is 0. The van der Waals surface area contributed by atoms with Crippen molar-refractivity contribution in [2.45, 2.75) is 37.1 Å². The van der Waals surface area contributed by atoms with Crippen LogP contribution in [0.15, 0.2) is 23.1 Å². The molecule has 1 atom stereocenters. The van der Waals surface area contributed by atoms with Gasteiger partial charge in [0, 0.05) is 12.1 Å². The van der Waals surface area contributed by atoms with Crippen LogP contribution in [-0.4, -0.2) is 33.4 Å². The summed E-state index contributed by atoms with van der Waals surface area (Å²) in [5.74, 6) is 1.21. The molecule has 0 aromatic heterocycles. The van der Waals surface area contributed by atoms with E-state index in [9.17, 15) is 8.42 Å². The fourth-order valence-corrected chi connectivity index (χ4v) is 3.42. The van der Waals surface area contributed by atoms with Gasteiger partial charge in [0.25, 0.3) is 0 Å². The number of sulfone groups is 1. The van der Waals surface area contributed by atoms with Crippen LogP contribution in [0.3, 0.4) is 0 Å². The van der Waals surface area contributed by atoms with Crippen LogP contribution in [-0.2, 0) is 9.84 Å². The number of benzene rings is 1. The van der Waals surface area contributed by atoms with Gasteiger partial charge in [-0.15, -0.1) is 0 Å². The number of fused-ring (bicyclic) bond motifs is 1. The van der Waals surface area contributed by atoms with Gasteiger partial charge in [-0.25, -0.2) is 8.42 Å². The zero-order valence-corrected chi connectivity index (χ0v) is 12.5. The van der Waals surface area contributed by atoms with Crippen LogP contribution in [0.4, 0.5) is 0 Å². The molecule has 0 bridgehead atoms. The molecule has 2 rings (SSSR count). The molecule has 20 heavy (non-hydrogen) atoms. The molecule has 1 unspecified atom stereocenters. The number of ether oxygens (including phenoxy) is 2. The predicted octanol–water partition coefficient (Wildman–Crippen LogP) is 1.75. The first-order valence-corrected chi connectivity index (χ1v) is 8.56. The third kappa shape index (κ3) is 3.64. The van der Waals surface area contributed by atoms with Crippen LogP contribution in [0.25, 0.3) is 0 Å². The second-order valence-electron chi connectivity index (χ2n) is 4.93. The third-order valence-corrected chi connectivity index (χ3v) is 5.18. The summed E-state index contributed by atoms with van der Waals surface area (Å²) in [4.78, 5) is 0.284. The Balaban J connectivity index is 2.05. The normalized spacial score (nSPS) is 15.9. The molecule has 0 fully saturated rings. The molecule has 6 heteroatoms. The molecule has 0 amide bonds. The van der Waals surface area contributed by atoms with E-state index in [1.54, 1.807) is 18.2 Å². The summed E-state index contributed by atoms with van der Waals surface area (Å²) in [7, 11) is -3.29. The quantitative estimate of drug-likeness (QED) is 0.865. The summed E-state index contributed by atoms with van der Waals surface area (Å²) in [6.07, 6.45) is 2.16. The average Bonchev–Trinajstić information content (AvgIpc) is 2.46. The minimum atomic E-state index is -3.29. The first-order chi connectivity index (χ1) is 9.53. The van der Waals surface area contributed by atoms with Crippen molar-refractivity contribution in [3.8, 4) is 11.5 Å². The maximum atomic E-state index is 12.3. The van der Waals surface area contributed by atoms with Crippen molar-refractivity contribution in [1.29, 1.82) is 0 Å². The zero-order valence-electron chi connectivity index (χ0n) is 11.7. The minimum absolute atomic E-state index is 0.0745. The van der Waals surface area contributed by atoms with Crippen molar-refractivity contribution in [1.82, 2.24) is 0 Å². The monoisotopic (exact) mass is 299 g/mol. The van der Waals surface area contributed by atoms with Gasteiger partial charge in [-0.1, -0.05) is 6.92 Å². The summed E-state index contributed by atoms with van der Waals surface area (Å²) < 4.78 is 35.3. The lowest BCUT2D eigenvalue weighted by Crippen LogP contribution is -2.20. The van der Waals surface area contributed by atoms with E-state index in [2.05, 4.69) is 0 Å². The fraction of sp³-hybridized carbons (Fsp3) is 0.571. The van der Waals surface area contributed by atoms with E-state index in [1.165, 1.54) is 0 Å². The van der Waals surface area contributed by atoms with E-state index in [4.69, 9.17) is 15.2 Å². The standard InChI is InChI=1S/C14H21NO4S/c1-2-11(15)4-3-9-20(16,17)12-5-6-13-14(10-12)19-8-7-18-13/h5-6,10-11H,2-4,7-9,15H2,1H3. The van der Waals surface area contributed by atoms with Crippen molar-refractivity contribution in [3.05, 3.63) is 18.2 Å². The smallest absolute Gasteiger partial charge is 0.178 e. The van der Waals surface area contributed by atoms with Gasteiger partial charge in [-0.2, -0.15) is 0 Å². The Labute approximate surface area is 120 Å². The lowest BCUT2D eigenvalue weighted by atomic mass is 10.1. The Morgan fingerprint density at radius 3 is 2.65 bits per heavy atom. The van der Waals surface area contributed by atoms with E-state index in [0.717, 1.165) is 12.8 Å². The number of hydrogen-bond donors (Lipinski definition) is 1. The molecule has 112 valence electrons. The highest BCUT2D eigenvalue weighted by atomic mass is 32.2. The highest BCUT2D eigenvalue weighted by molar-refractivity contribution is 7.91. The summed E-state index contributed by atoms with van der Waals surface area (Å²) in [5, 5.41) is 0. The van der Waals surface area contributed by atoms with E-state index >= 15 is 0 Å². The van der Waals surface area contributed by atoms with Crippen LogP contribution in [0.1, 0.15) is 26.2 Å². The van der Waals surface area contributed by atoms with Crippen molar-refractivity contribution in [3.63, 3.8) is 0 Å². The average molecular weight is 299 g/mol. The highest BCUT2D eigenvalue weighted by Gasteiger charge is 2.19. The van der Waals surface area contributed by atoms with Crippen molar-refractivity contribution >= 4 is 9.84 Å². The zero-order chi connectivity index (χ0) is 14.6. The molecule has 0 aliphatic carbocycles. The SMILES string of the molecule is CCC(N)CCCS(=O)(=O)c1ccc2c(c1)OCCO2. The van der Waals surface area contributed by atoms with Gasteiger partial charge in [0.1, 0.15) is 13.2 Å². The largest absolute Gasteiger partial charge is 0.486 e. The maximum absolute atomic E-state index is 12.3. The molecule has 1 heterocycles. The number of nitrogens with two attached hydrogens (primary N) is 1. The maximum Gasteiger partial charge on any atom is 0.178 e. The van der Waals surface area contributed by atoms with E-state index in [1.807, 2.05) is 6.92 Å². The number of hydrogen-bond acceptors (Lipinski definition) is 5. The molecule has 0 saturated heterocycles. The Bertz CT molecular complexity index is 556. The summed E-state index contributed by atoms with van der Waals surface area (Å²) in [6.45, 7) is 2.94. The van der Waals surface area contributed by atoms with E-state index in [0.29, 0.717) is 31.1 Å². The first-order valence-electron chi connectivity index (χ1n) is 6.91. The topological polar surface area (TPSA) is 78.6 Å². The highest BCUT2D eigenvalue weighted by Crippen LogP contribution is 2.32. The molecular weight excluding hydrogens is 278 g/mol. The predicted molar refractivity (Wildman–Crippen MR) is 77.0 cm³/mol. The third-order valence-electron chi connectivity index (χ3n) is 3.39. The second kappa shape index (κ2) is 6.45. The summed E-state index contributed by atoms with van der Waals surface area (Å²) in [6, 6.07) is 4.84. The van der Waals surface area contributed by atoms with Gasteiger partial charge in [0.05, 0.1) is 10.6 Å². The van der Waals surface area contributed by atoms with Crippen molar-refractivity contribution in [2.75, 3.05) is 19.0 Å². The van der Waals surface area contributed by atoms with E-state index in [-0.39, 0.29) is 16.7 Å².